The summed E-state index contributed by atoms with van der Waals surface area (Å²) in [4.78, 5) is 15.9. The number of hydrogen-bond acceptors (Lipinski definition) is 3. The van der Waals surface area contributed by atoms with Crippen LogP contribution in [0.4, 0.5) is 5.69 Å². The first-order valence-electron chi connectivity index (χ1n) is 6.77. The van der Waals surface area contributed by atoms with Gasteiger partial charge >= 0.3 is 0 Å². The number of anilines is 1. The molecule has 0 aliphatic rings. The maximum atomic E-state index is 11.9. The fourth-order valence-electron chi connectivity index (χ4n) is 1.87. The molecule has 1 aromatic carbocycles. The zero-order valence-electron chi connectivity index (χ0n) is 11.6. The topological polar surface area (TPSA) is 72.9 Å². The molecule has 0 bridgehead atoms. The lowest BCUT2D eigenvalue weighted by molar-refractivity contribution is -0.116. The molecule has 5 heteroatoms. The van der Waals surface area contributed by atoms with E-state index in [4.69, 9.17) is 5.73 Å². The van der Waals surface area contributed by atoms with Gasteiger partial charge in [0.2, 0.25) is 5.91 Å². The van der Waals surface area contributed by atoms with Gasteiger partial charge in [0.05, 0.1) is 6.33 Å². The summed E-state index contributed by atoms with van der Waals surface area (Å²) in [5.74, 6) is 0.395. The lowest BCUT2D eigenvalue weighted by Crippen LogP contribution is -2.16. The van der Waals surface area contributed by atoms with Crippen LogP contribution in [0.2, 0.25) is 0 Å². The first-order chi connectivity index (χ1) is 9.69. The molecule has 0 saturated carbocycles. The van der Waals surface area contributed by atoms with E-state index in [0.717, 1.165) is 17.8 Å². The number of rotatable bonds is 6. The molecule has 1 aromatic heterocycles. The lowest BCUT2D eigenvalue weighted by atomic mass is 10.1. The number of carbonyl (C=O) groups is 1. The third-order valence-corrected chi connectivity index (χ3v) is 3.20. The van der Waals surface area contributed by atoms with Gasteiger partial charge < -0.3 is 15.6 Å². The van der Waals surface area contributed by atoms with Gasteiger partial charge in [-0.3, -0.25) is 4.79 Å². The molecule has 3 N–H and O–H groups in total. The molecule has 2 aromatic rings. The number of carbonyl (C=O) groups excluding carboxylic acids is 1. The summed E-state index contributed by atoms with van der Waals surface area (Å²) >= 11 is 0. The van der Waals surface area contributed by atoms with Crippen molar-refractivity contribution in [3.8, 4) is 5.69 Å². The highest BCUT2D eigenvalue weighted by Gasteiger charge is 2.06. The third-order valence-electron chi connectivity index (χ3n) is 3.20. The van der Waals surface area contributed by atoms with E-state index in [9.17, 15) is 4.79 Å². The van der Waals surface area contributed by atoms with Crippen molar-refractivity contribution >= 4 is 11.6 Å². The molecule has 20 heavy (non-hydrogen) atoms. The third kappa shape index (κ3) is 3.93. The molecule has 0 aliphatic heterocycles. The van der Waals surface area contributed by atoms with E-state index in [1.807, 2.05) is 42.0 Å². The highest BCUT2D eigenvalue weighted by molar-refractivity contribution is 5.90. The summed E-state index contributed by atoms with van der Waals surface area (Å²) in [6.45, 7) is 2.66. The normalized spacial score (nSPS) is 12.1. The number of nitrogens with two attached hydrogens (primary N) is 1. The lowest BCUT2D eigenvalue weighted by Gasteiger charge is -2.10. The molecule has 2 rings (SSSR count). The minimum absolute atomic E-state index is 0.0214. The second kappa shape index (κ2) is 6.86. The smallest absolute Gasteiger partial charge is 0.224 e. The second-order valence-electron chi connectivity index (χ2n) is 4.95. The number of benzene rings is 1. The molecule has 5 nitrogen and oxygen atoms in total. The molecule has 0 fully saturated rings. The van der Waals surface area contributed by atoms with Gasteiger partial charge in [-0.15, -0.1) is 0 Å². The summed E-state index contributed by atoms with van der Waals surface area (Å²) in [6.07, 6.45) is 6.62. The largest absolute Gasteiger partial charge is 0.330 e. The van der Waals surface area contributed by atoms with Crippen molar-refractivity contribution in [1.82, 2.24) is 9.55 Å². The van der Waals surface area contributed by atoms with Gasteiger partial charge in [-0.2, -0.15) is 0 Å². The highest BCUT2D eigenvalue weighted by atomic mass is 16.1. The minimum atomic E-state index is 0.0214. The van der Waals surface area contributed by atoms with E-state index in [2.05, 4.69) is 10.3 Å². The SMILES string of the molecule is CC(CN)CCC(=O)Nc1cccc(-n2ccnc2)c1. The Kier molecular flexibility index (Phi) is 4.90. The summed E-state index contributed by atoms with van der Waals surface area (Å²) in [5, 5.41) is 2.91. The van der Waals surface area contributed by atoms with Gasteiger partial charge in [-0.1, -0.05) is 13.0 Å². The average molecular weight is 272 g/mol. The van der Waals surface area contributed by atoms with Crippen molar-refractivity contribution in [3.05, 3.63) is 43.0 Å². The molecule has 0 radical (unpaired) electrons. The van der Waals surface area contributed by atoms with E-state index < -0.39 is 0 Å². The zero-order chi connectivity index (χ0) is 14.4. The van der Waals surface area contributed by atoms with Gasteiger partial charge in [0, 0.05) is 30.2 Å². The van der Waals surface area contributed by atoms with Crippen LogP contribution in [0.25, 0.3) is 5.69 Å². The van der Waals surface area contributed by atoms with Crippen LogP contribution in [-0.4, -0.2) is 22.0 Å². The summed E-state index contributed by atoms with van der Waals surface area (Å²) in [7, 11) is 0. The summed E-state index contributed by atoms with van der Waals surface area (Å²) < 4.78 is 1.89. The standard InChI is InChI=1S/C15H20N4O/c1-12(10-16)5-6-15(20)18-13-3-2-4-14(9-13)19-8-7-17-11-19/h2-4,7-9,11-12H,5-6,10,16H2,1H3,(H,18,20). The molecule has 106 valence electrons. The van der Waals surface area contributed by atoms with Gasteiger partial charge in [-0.25, -0.2) is 4.98 Å². The van der Waals surface area contributed by atoms with Crippen LogP contribution in [0, 0.1) is 5.92 Å². The van der Waals surface area contributed by atoms with Crippen LogP contribution in [0.1, 0.15) is 19.8 Å². The Labute approximate surface area is 118 Å². The maximum absolute atomic E-state index is 11.9. The van der Waals surface area contributed by atoms with Crippen LogP contribution in [0.5, 0.6) is 0 Å². The minimum Gasteiger partial charge on any atom is -0.330 e. The van der Waals surface area contributed by atoms with E-state index >= 15 is 0 Å². The number of nitrogens with one attached hydrogen (secondary N) is 1. The average Bonchev–Trinajstić information content (AvgIpc) is 2.99. The van der Waals surface area contributed by atoms with Crippen LogP contribution < -0.4 is 11.1 Å². The summed E-state index contributed by atoms with van der Waals surface area (Å²) in [5.41, 5.74) is 7.31. The van der Waals surface area contributed by atoms with Gasteiger partial charge in [-0.05, 0) is 37.1 Å². The predicted molar refractivity (Wildman–Crippen MR) is 79.6 cm³/mol. The number of nitrogens with zero attached hydrogens (tertiary/aromatic N) is 2. The molecule has 0 spiro atoms. The Balaban J connectivity index is 1.96. The Morgan fingerprint density at radius 1 is 1.50 bits per heavy atom. The molecule has 1 unspecified atom stereocenters. The van der Waals surface area contributed by atoms with E-state index in [1.54, 1.807) is 12.5 Å². The molecular weight excluding hydrogens is 252 g/mol. The Morgan fingerprint density at radius 3 is 3.05 bits per heavy atom. The molecule has 1 atom stereocenters. The van der Waals surface area contributed by atoms with Gasteiger partial charge in [0.1, 0.15) is 0 Å². The van der Waals surface area contributed by atoms with E-state index in [0.29, 0.717) is 18.9 Å². The first kappa shape index (κ1) is 14.3. The van der Waals surface area contributed by atoms with E-state index in [-0.39, 0.29) is 5.91 Å². The van der Waals surface area contributed by atoms with Crippen LogP contribution in [0.15, 0.2) is 43.0 Å². The van der Waals surface area contributed by atoms with Crippen LogP contribution in [0.3, 0.4) is 0 Å². The molecule has 0 saturated heterocycles. The van der Waals surface area contributed by atoms with Crippen molar-refractivity contribution in [2.24, 2.45) is 11.7 Å². The fourth-order valence-corrected chi connectivity index (χ4v) is 1.87. The highest BCUT2D eigenvalue weighted by Crippen LogP contribution is 2.15. The van der Waals surface area contributed by atoms with Crippen LogP contribution in [-0.2, 0) is 4.79 Å². The number of hydrogen-bond donors (Lipinski definition) is 2. The van der Waals surface area contributed by atoms with Gasteiger partial charge in [0.25, 0.3) is 0 Å². The number of imidazole rings is 1. The van der Waals surface area contributed by atoms with Crippen molar-refractivity contribution < 1.29 is 4.79 Å². The van der Waals surface area contributed by atoms with Crippen molar-refractivity contribution in [1.29, 1.82) is 0 Å². The van der Waals surface area contributed by atoms with Crippen molar-refractivity contribution in [2.45, 2.75) is 19.8 Å². The predicted octanol–water partition coefficient (Wildman–Crippen LogP) is 2.19. The zero-order valence-corrected chi connectivity index (χ0v) is 11.6. The molecule has 1 amide bonds. The quantitative estimate of drug-likeness (QED) is 0.846. The Hall–Kier alpha value is -2.14. The number of aromatic nitrogens is 2. The fraction of sp³-hybridized carbons (Fsp3) is 0.333. The van der Waals surface area contributed by atoms with Gasteiger partial charge in [0.15, 0.2) is 0 Å². The molecule has 1 heterocycles. The van der Waals surface area contributed by atoms with Crippen LogP contribution >= 0.6 is 0 Å². The van der Waals surface area contributed by atoms with Crippen molar-refractivity contribution in [3.63, 3.8) is 0 Å². The van der Waals surface area contributed by atoms with E-state index in [1.165, 1.54) is 0 Å². The van der Waals surface area contributed by atoms with Crippen molar-refractivity contribution in [2.75, 3.05) is 11.9 Å². The Morgan fingerprint density at radius 2 is 2.35 bits per heavy atom. The summed E-state index contributed by atoms with van der Waals surface area (Å²) in [6, 6.07) is 7.68. The first-order valence-corrected chi connectivity index (χ1v) is 6.77. The molecular formula is C15H20N4O. The Bertz CT molecular complexity index is 551. The monoisotopic (exact) mass is 272 g/mol. The number of amides is 1. The molecule has 0 aliphatic carbocycles. The second-order valence-corrected chi connectivity index (χ2v) is 4.95. The maximum Gasteiger partial charge on any atom is 0.224 e.